The number of carbonyl (C=O) groups is 3. The number of aromatic amines is 1. The van der Waals surface area contributed by atoms with E-state index in [1.807, 2.05) is 12.1 Å². The van der Waals surface area contributed by atoms with E-state index in [-0.39, 0.29) is 29.2 Å². The summed E-state index contributed by atoms with van der Waals surface area (Å²) < 4.78 is 11.6. The number of methoxy groups -OCH3 is 1. The van der Waals surface area contributed by atoms with Crippen LogP contribution in [0.5, 0.6) is 11.5 Å². The molecule has 208 valence electrons. The smallest absolute Gasteiger partial charge is 0.305 e. The largest absolute Gasteiger partial charge is 0.497 e. The molecule has 2 aliphatic rings. The number of rotatable bonds is 7. The summed E-state index contributed by atoms with van der Waals surface area (Å²) >= 11 is 5.68. The lowest BCUT2D eigenvalue weighted by molar-refractivity contribution is -0.122. The third kappa shape index (κ3) is 5.30. The van der Waals surface area contributed by atoms with Crippen molar-refractivity contribution in [2.75, 3.05) is 23.9 Å². The molecule has 0 unspecified atom stereocenters. The van der Waals surface area contributed by atoms with Gasteiger partial charge < -0.3 is 19.8 Å². The Morgan fingerprint density at radius 1 is 0.951 bits per heavy atom. The zero-order valence-corrected chi connectivity index (χ0v) is 24.7. The van der Waals surface area contributed by atoms with Gasteiger partial charge in [-0.05, 0) is 66.2 Å². The van der Waals surface area contributed by atoms with Crippen LogP contribution in [0.25, 0.3) is 0 Å². The first kappa shape index (κ1) is 27.3. The van der Waals surface area contributed by atoms with Gasteiger partial charge in [-0.15, -0.1) is 0 Å². The van der Waals surface area contributed by atoms with Crippen LogP contribution in [0.1, 0.15) is 16.4 Å². The molecule has 0 radical (unpaired) electrons. The predicted octanol–water partition coefficient (Wildman–Crippen LogP) is 5.02. The zero-order valence-electron chi connectivity index (χ0n) is 21.5. The molecule has 0 bridgehead atoms. The second kappa shape index (κ2) is 11.2. The summed E-state index contributed by atoms with van der Waals surface area (Å²) in [7, 11) is 1.57. The standard InChI is InChI=1S/C29H22BrN3O6S2/c1-38-19-12-6-17(7-13-19)31-21(34)14-39-20-10-2-15(3-11-20)22-23-25(40-26-24(22)41-29(37)32-26)28(36)33(27(23)35)18-8-4-16(30)5-9-18/h2-13,22-23,25H,14H2,1H3,(H,31,34)(H,32,37)/t22-,23-,25+/m0/s1. The van der Waals surface area contributed by atoms with E-state index in [1.54, 1.807) is 67.8 Å². The maximum absolute atomic E-state index is 13.8. The number of ether oxygens (including phenoxy) is 2. The number of thiazole rings is 1. The van der Waals surface area contributed by atoms with Crippen LogP contribution < -0.4 is 24.6 Å². The number of thioether (sulfide) groups is 1. The normalized spacial score (nSPS) is 19.5. The first-order chi connectivity index (χ1) is 19.8. The number of imide groups is 1. The lowest BCUT2D eigenvalue weighted by Gasteiger charge is -2.29. The number of fused-ring (bicyclic) bond motifs is 2. The first-order valence-electron chi connectivity index (χ1n) is 12.5. The molecule has 1 aromatic heterocycles. The maximum Gasteiger partial charge on any atom is 0.305 e. The second-order valence-electron chi connectivity index (χ2n) is 9.37. The van der Waals surface area contributed by atoms with Gasteiger partial charge in [0, 0.05) is 21.0 Å². The third-order valence-electron chi connectivity index (χ3n) is 6.89. The fourth-order valence-corrected chi connectivity index (χ4v) is 7.79. The Morgan fingerprint density at radius 3 is 2.32 bits per heavy atom. The molecule has 9 nitrogen and oxygen atoms in total. The molecule has 3 amide bonds. The van der Waals surface area contributed by atoms with Gasteiger partial charge in [0.15, 0.2) is 6.61 Å². The van der Waals surface area contributed by atoms with Crippen LogP contribution >= 0.6 is 39.0 Å². The topological polar surface area (TPSA) is 118 Å². The van der Waals surface area contributed by atoms with E-state index in [1.165, 1.54) is 16.7 Å². The monoisotopic (exact) mass is 651 g/mol. The first-order valence-corrected chi connectivity index (χ1v) is 15.0. The van der Waals surface area contributed by atoms with Gasteiger partial charge in [0.1, 0.15) is 16.7 Å². The summed E-state index contributed by atoms with van der Waals surface area (Å²) in [6.07, 6.45) is 0. The Balaban J connectivity index is 1.22. The van der Waals surface area contributed by atoms with Gasteiger partial charge in [0.2, 0.25) is 11.8 Å². The summed E-state index contributed by atoms with van der Waals surface area (Å²) in [4.78, 5) is 56.6. The van der Waals surface area contributed by atoms with Gasteiger partial charge in [-0.2, -0.15) is 0 Å². The van der Waals surface area contributed by atoms with Gasteiger partial charge >= 0.3 is 4.87 Å². The van der Waals surface area contributed by atoms with Gasteiger partial charge in [-0.1, -0.05) is 51.2 Å². The molecule has 3 heterocycles. The molecule has 2 N–H and O–H groups in total. The van der Waals surface area contributed by atoms with Crippen molar-refractivity contribution in [1.82, 2.24) is 4.98 Å². The molecule has 1 saturated heterocycles. The summed E-state index contributed by atoms with van der Waals surface area (Å²) in [5.41, 5.74) is 1.89. The van der Waals surface area contributed by atoms with Crippen molar-refractivity contribution in [3.63, 3.8) is 0 Å². The number of hydrogen-bond donors (Lipinski definition) is 2. The second-order valence-corrected chi connectivity index (χ2v) is 12.5. The van der Waals surface area contributed by atoms with E-state index in [4.69, 9.17) is 9.47 Å². The third-order valence-corrected chi connectivity index (χ3v) is 9.82. The van der Waals surface area contributed by atoms with Crippen molar-refractivity contribution < 1.29 is 23.9 Å². The molecule has 3 atom stereocenters. The Labute approximate surface area is 251 Å². The van der Waals surface area contributed by atoms with E-state index in [2.05, 4.69) is 26.2 Å². The number of halogens is 1. The molecule has 6 rings (SSSR count). The van der Waals surface area contributed by atoms with Gasteiger partial charge in [0.25, 0.3) is 5.91 Å². The van der Waals surface area contributed by atoms with Crippen LogP contribution in [0.3, 0.4) is 0 Å². The van der Waals surface area contributed by atoms with Crippen molar-refractivity contribution in [3.05, 3.63) is 97.4 Å². The Kier molecular flexibility index (Phi) is 7.45. The van der Waals surface area contributed by atoms with Gasteiger partial charge in [-0.3, -0.25) is 19.2 Å². The SMILES string of the molecule is COc1ccc(NC(=O)COc2ccc([C@@H]3c4sc(=O)[nH]c4S[C@H]4C(=O)N(c5ccc(Br)cc5)C(=O)[C@@H]34)cc2)cc1. The lowest BCUT2D eigenvalue weighted by atomic mass is 9.83. The number of benzene rings is 3. The fourth-order valence-electron chi connectivity index (χ4n) is 5.01. The summed E-state index contributed by atoms with van der Waals surface area (Å²) in [5.74, 6) is -0.961. The highest BCUT2D eigenvalue weighted by molar-refractivity contribution is 9.10. The van der Waals surface area contributed by atoms with Crippen molar-refractivity contribution >= 4 is 68.1 Å². The van der Waals surface area contributed by atoms with Gasteiger partial charge in [0.05, 0.1) is 23.7 Å². The van der Waals surface area contributed by atoms with E-state index < -0.39 is 17.1 Å². The molecule has 12 heteroatoms. The molecule has 2 aliphatic heterocycles. The summed E-state index contributed by atoms with van der Waals surface area (Å²) in [6.45, 7) is -0.200. The maximum atomic E-state index is 13.8. The molecule has 3 aromatic carbocycles. The molecule has 4 aromatic rings. The number of amides is 3. The molecular formula is C29H22BrN3O6S2. The molecule has 0 saturated carbocycles. The minimum Gasteiger partial charge on any atom is -0.497 e. The van der Waals surface area contributed by atoms with Crippen molar-refractivity contribution in [2.45, 2.75) is 16.2 Å². The highest BCUT2D eigenvalue weighted by atomic mass is 79.9. The average molecular weight is 653 g/mol. The van der Waals surface area contributed by atoms with Gasteiger partial charge in [-0.25, -0.2) is 4.90 Å². The minimum absolute atomic E-state index is 0.200. The predicted molar refractivity (Wildman–Crippen MR) is 160 cm³/mol. The van der Waals surface area contributed by atoms with E-state index in [0.717, 1.165) is 26.3 Å². The van der Waals surface area contributed by atoms with Crippen LogP contribution in [-0.2, 0) is 14.4 Å². The molecule has 0 spiro atoms. The quantitative estimate of drug-likeness (QED) is 0.269. The molecule has 0 aliphatic carbocycles. The number of aromatic nitrogens is 1. The van der Waals surface area contributed by atoms with Crippen LogP contribution in [0, 0.1) is 5.92 Å². The van der Waals surface area contributed by atoms with E-state index >= 15 is 0 Å². The van der Waals surface area contributed by atoms with Crippen LogP contribution in [0.2, 0.25) is 0 Å². The summed E-state index contributed by atoms with van der Waals surface area (Å²) in [5, 5.41) is 2.70. The van der Waals surface area contributed by atoms with Crippen molar-refractivity contribution in [3.8, 4) is 11.5 Å². The number of nitrogens with one attached hydrogen (secondary N) is 2. The minimum atomic E-state index is -0.683. The molecule has 41 heavy (non-hydrogen) atoms. The van der Waals surface area contributed by atoms with E-state index in [9.17, 15) is 19.2 Å². The molecule has 1 fully saturated rings. The number of nitrogens with zero attached hydrogens (tertiary/aromatic N) is 1. The van der Waals surface area contributed by atoms with Crippen LogP contribution in [-0.4, -0.2) is 41.7 Å². The Morgan fingerprint density at radius 2 is 1.63 bits per heavy atom. The number of anilines is 2. The number of carbonyl (C=O) groups excluding carboxylic acids is 3. The zero-order chi connectivity index (χ0) is 28.7. The van der Waals surface area contributed by atoms with Crippen LogP contribution in [0.4, 0.5) is 11.4 Å². The Hall–Kier alpha value is -3.87. The highest BCUT2D eigenvalue weighted by Crippen LogP contribution is 2.53. The van der Waals surface area contributed by atoms with Crippen molar-refractivity contribution in [1.29, 1.82) is 0 Å². The highest BCUT2D eigenvalue weighted by Gasteiger charge is 2.56. The lowest BCUT2D eigenvalue weighted by Crippen LogP contribution is -2.32. The fraction of sp³-hybridized carbons (Fsp3) is 0.172. The van der Waals surface area contributed by atoms with Crippen molar-refractivity contribution in [2.24, 2.45) is 5.92 Å². The van der Waals surface area contributed by atoms with E-state index in [0.29, 0.717) is 27.9 Å². The summed E-state index contributed by atoms with van der Waals surface area (Å²) in [6, 6.07) is 21.0. The average Bonchev–Trinajstić information content (AvgIpc) is 3.47. The van der Waals surface area contributed by atoms with Crippen LogP contribution in [0.15, 0.2) is 87.1 Å². The number of hydrogen-bond acceptors (Lipinski definition) is 8. The number of H-pyrrole nitrogens is 1. The molecular weight excluding hydrogens is 630 g/mol. The Bertz CT molecular complexity index is 1690.